The quantitative estimate of drug-likeness (QED) is 0.802. The van der Waals surface area contributed by atoms with Crippen molar-refractivity contribution in [2.45, 2.75) is 20.0 Å². The van der Waals surface area contributed by atoms with Crippen LogP contribution in [0.15, 0.2) is 39.9 Å². The van der Waals surface area contributed by atoms with Crippen LogP contribution in [0.5, 0.6) is 0 Å². The van der Waals surface area contributed by atoms with E-state index < -0.39 is 0 Å². The first-order chi connectivity index (χ1) is 7.72. The highest BCUT2D eigenvalue weighted by atomic mass is 32.1. The molecule has 16 heavy (non-hydrogen) atoms. The molecule has 2 aromatic rings. The first-order valence-corrected chi connectivity index (χ1v) is 5.84. The fourth-order valence-corrected chi connectivity index (χ4v) is 2.23. The third-order valence-electron chi connectivity index (χ3n) is 2.32. The summed E-state index contributed by atoms with van der Waals surface area (Å²) < 4.78 is 2.73. The summed E-state index contributed by atoms with van der Waals surface area (Å²) in [6.07, 6.45) is 0. The Labute approximate surface area is 96.5 Å². The van der Waals surface area contributed by atoms with Crippen molar-refractivity contribution in [3.8, 4) is 0 Å². The Morgan fingerprint density at radius 1 is 1.19 bits per heavy atom. The van der Waals surface area contributed by atoms with Gasteiger partial charge in [-0.2, -0.15) is 0 Å². The van der Waals surface area contributed by atoms with E-state index in [0.29, 0.717) is 13.1 Å². The molecule has 4 nitrogen and oxygen atoms in total. The topological polar surface area (TPSA) is 44.0 Å². The molecule has 0 bridgehead atoms. The van der Waals surface area contributed by atoms with E-state index in [2.05, 4.69) is 0 Å². The smallest absolute Gasteiger partial charge is 0.255 e. The number of hydrogen-bond acceptors (Lipinski definition) is 3. The van der Waals surface area contributed by atoms with Crippen molar-refractivity contribution in [1.29, 1.82) is 0 Å². The minimum Gasteiger partial charge on any atom is -0.255 e. The molecular formula is C11H12N2O2S. The van der Waals surface area contributed by atoms with Gasteiger partial charge in [0.25, 0.3) is 0 Å². The van der Waals surface area contributed by atoms with Gasteiger partial charge in [0.05, 0.1) is 6.54 Å². The molecule has 0 radical (unpaired) electrons. The summed E-state index contributed by atoms with van der Waals surface area (Å²) in [5, 5.41) is 0. The first-order valence-electron chi connectivity index (χ1n) is 5.07. The van der Waals surface area contributed by atoms with E-state index in [0.717, 1.165) is 17.1 Å². The van der Waals surface area contributed by atoms with Gasteiger partial charge in [-0.05, 0) is 12.5 Å². The molecule has 1 aromatic carbocycles. The van der Waals surface area contributed by atoms with E-state index >= 15 is 0 Å². The van der Waals surface area contributed by atoms with Gasteiger partial charge in [0.2, 0.25) is 0 Å². The summed E-state index contributed by atoms with van der Waals surface area (Å²) in [6, 6.07) is 9.50. The molecule has 0 N–H and O–H groups in total. The van der Waals surface area contributed by atoms with E-state index in [1.54, 1.807) is 0 Å². The average molecular weight is 236 g/mol. The standard InChI is InChI=1S/C11H12N2O2S/c1-2-13-10(14)12(11(15)16-13)8-9-6-4-3-5-7-9/h3-7H,2,8H2,1H3. The number of aryl methyl sites for hydroxylation is 1. The van der Waals surface area contributed by atoms with Gasteiger partial charge in [0.1, 0.15) is 0 Å². The summed E-state index contributed by atoms with van der Waals surface area (Å²) in [6.45, 7) is 2.74. The zero-order chi connectivity index (χ0) is 11.5. The Bertz CT molecular complexity index is 580. The maximum absolute atomic E-state index is 11.8. The molecular weight excluding hydrogens is 224 g/mol. The van der Waals surface area contributed by atoms with E-state index in [-0.39, 0.29) is 10.6 Å². The van der Waals surface area contributed by atoms with Crippen molar-refractivity contribution in [2.75, 3.05) is 0 Å². The lowest BCUT2D eigenvalue weighted by Gasteiger charge is -1.99. The number of nitrogens with zero attached hydrogens (tertiary/aromatic N) is 2. The second kappa shape index (κ2) is 4.49. The fourth-order valence-electron chi connectivity index (χ4n) is 1.49. The van der Waals surface area contributed by atoms with Gasteiger partial charge < -0.3 is 0 Å². The van der Waals surface area contributed by atoms with Gasteiger partial charge in [-0.25, -0.2) is 13.3 Å². The number of hydrogen-bond donors (Lipinski definition) is 0. The summed E-state index contributed by atoms with van der Waals surface area (Å²) in [7, 11) is 0. The van der Waals surface area contributed by atoms with Gasteiger partial charge in [0.15, 0.2) is 0 Å². The lowest BCUT2D eigenvalue weighted by Crippen LogP contribution is -2.29. The Morgan fingerprint density at radius 2 is 1.88 bits per heavy atom. The number of benzene rings is 1. The van der Waals surface area contributed by atoms with E-state index in [1.165, 1.54) is 8.52 Å². The Kier molecular flexibility index (Phi) is 3.05. The fraction of sp³-hybridized carbons (Fsp3) is 0.273. The van der Waals surface area contributed by atoms with Crippen molar-refractivity contribution in [3.05, 3.63) is 56.0 Å². The summed E-state index contributed by atoms with van der Waals surface area (Å²) in [4.78, 5) is 23.1. The molecule has 0 saturated heterocycles. The molecule has 0 amide bonds. The Hall–Kier alpha value is -1.62. The number of aromatic nitrogens is 2. The van der Waals surface area contributed by atoms with Gasteiger partial charge in [-0.15, -0.1) is 0 Å². The van der Waals surface area contributed by atoms with Gasteiger partial charge >= 0.3 is 10.6 Å². The summed E-state index contributed by atoms with van der Waals surface area (Å²) in [5.41, 5.74) is 0.740. The molecule has 0 aliphatic carbocycles. The van der Waals surface area contributed by atoms with Crippen LogP contribution in [0.1, 0.15) is 12.5 Å². The second-order valence-corrected chi connectivity index (χ2v) is 4.38. The average Bonchev–Trinajstić information content (AvgIpc) is 2.58. The SMILES string of the molecule is CCn1sc(=O)n(Cc2ccccc2)c1=O. The van der Waals surface area contributed by atoms with Crippen molar-refractivity contribution >= 4 is 11.5 Å². The molecule has 5 heteroatoms. The third kappa shape index (κ3) is 1.99. The molecule has 1 aromatic heterocycles. The molecule has 0 atom stereocenters. The van der Waals surface area contributed by atoms with Gasteiger partial charge in [-0.1, -0.05) is 30.3 Å². The Morgan fingerprint density at radius 3 is 2.44 bits per heavy atom. The predicted molar refractivity (Wildman–Crippen MR) is 64.1 cm³/mol. The van der Waals surface area contributed by atoms with Crippen LogP contribution in [-0.4, -0.2) is 8.52 Å². The van der Waals surface area contributed by atoms with Crippen molar-refractivity contribution in [2.24, 2.45) is 0 Å². The summed E-state index contributed by atoms with van der Waals surface area (Å²) >= 11 is 0.972. The largest absolute Gasteiger partial charge is 0.341 e. The molecule has 0 saturated carbocycles. The second-order valence-electron chi connectivity index (χ2n) is 3.41. The molecule has 0 spiro atoms. The maximum atomic E-state index is 11.8. The molecule has 0 fully saturated rings. The first kappa shape index (κ1) is 10.9. The zero-order valence-corrected chi connectivity index (χ0v) is 9.74. The van der Waals surface area contributed by atoms with E-state index in [9.17, 15) is 9.59 Å². The predicted octanol–water partition coefficient (Wildman–Crippen LogP) is 1.14. The lowest BCUT2D eigenvalue weighted by atomic mass is 10.2. The minimum absolute atomic E-state index is 0.198. The Balaban J connectivity index is 2.40. The minimum atomic E-state index is -0.221. The highest BCUT2D eigenvalue weighted by Crippen LogP contribution is 1.99. The van der Waals surface area contributed by atoms with Crippen LogP contribution in [0.2, 0.25) is 0 Å². The highest BCUT2D eigenvalue weighted by molar-refractivity contribution is 7.03. The number of rotatable bonds is 3. The normalized spacial score (nSPS) is 10.6. The van der Waals surface area contributed by atoms with Gasteiger partial charge in [-0.3, -0.25) is 4.79 Å². The lowest BCUT2D eigenvalue weighted by molar-refractivity contribution is 0.675. The van der Waals surface area contributed by atoms with Crippen LogP contribution in [-0.2, 0) is 13.1 Å². The molecule has 2 rings (SSSR count). The van der Waals surface area contributed by atoms with Crippen LogP contribution < -0.4 is 10.6 Å². The van der Waals surface area contributed by atoms with Crippen molar-refractivity contribution in [1.82, 2.24) is 8.52 Å². The van der Waals surface area contributed by atoms with Gasteiger partial charge in [0, 0.05) is 18.1 Å². The molecule has 0 aliphatic rings. The van der Waals surface area contributed by atoms with Crippen LogP contribution in [0.3, 0.4) is 0 Å². The molecule has 0 unspecified atom stereocenters. The molecule has 0 aliphatic heterocycles. The summed E-state index contributed by atoms with van der Waals surface area (Å²) in [5.74, 6) is 0. The van der Waals surface area contributed by atoms with Crippen LogP contribution in [0.4, 0.5) is 0 Å². The highest BCUT2D eigenvalue weighted by Gasteiger charge is 2.08. The monoisotopic (exact) mass is 236 g/mol. The van der Waals surface area contributed by atoms with Crippen molar-refractivity contribution < 1.29 is 0 Å². The molecule has 84 valence electrons. The third-order valence-corrected chi connectivity index (χ3v) is 3.33. The van der Waals surface area contributed by atoms with E-state index in [4.69, 9.17) is 0 Å². The maximum Gasteiger partial charge on any atom is 0.341 e. The molecule has 1 heterocycles. The van der Waals surface area contributed by atoms with Crippen LogP contribution in [0.25, 0.3) is 0 Å². The zero-order valence-electron chi connectivity index (χ0n) is 8.92. The van der Waals surface area contributed by atoms with Crippen LogP contribution in [0, 0.1) is 0 Å². The van der Waals surface area contributed by atoms with Crippen molar-refractivity contribution in [3.63, 3.8) is 0 Å². The van der Waals surface area contributed by atoms with E-state index in [1.807, 2.05) is 37.3 Å². The van der Waals surface area contributed by atoms with Crippen LogP contribution >= 0.6 is 11.5 Å².